The summed E-state index contributed by atoms with van der Waals surface area (Å²) in [4.78, 5) is 8.38. The van der Waals surface area contributed by atoms with Crippen LogP contribution in [0.1, 0.15) is 74.1 Å². The minimum Gasteiger partial charge on any atom is -0.364 e. The molecule has 0 radical (unpaired) electrons. The van der Waals surface area contributed by atoms with Gasteiger partial charge in [0, 0.05) is 22.3 Å². The first-order valence-corrected chi connectivity index (χ1v) is 11.7. The van der Waals surface area contributed by atoms with E-state index >= 15 is 0 Å². The van der Waals surface area contributed by atoms with E-state index in [4.69, 9.17) is 0 Å². The van der Waals surface area contributed by atoms with Crippen LogP contribution in [0.2, 0.25) is 0 Å². The van der Waals surface area contributed by atoms with Gasteiger partial charge in [-0.1, -0.05) is 45.9 Å². The second-order valence-electron chi connectivity index (χ2n) is 9.88. The Kier molecular flexibility index (Phi) is 5.71. The third-order valence-electron chi connectivity index (χ3n) is 6.58. The molecule has 1 aliphatic rings. The number of fused-ring (bicyclic) bond motifs is 1. The van der Waals surface area contributed by atoms with Gasteiger partial charge in [-0.15, -0.1) is 11.3 Å². The highest BCUT2D eigenvalue weighted by Gasteiger charge is 2.41. The van der Waals surface area contributed by atoms with Gasteiger partial charge in [0.05, 0.1) is 17.2 Å². The molecule has 0 unspecified atom stereocenters. The SMILES string of the molecule is Cc1c(N(Cc2ccccn2)c2ccc(C(O)O)cc2)sc2c1C(C)(C)CCC2(C)C. The van der Waals surface area contributed by atoms with E-state index in [-0.39, 0.29) is 10.8 Å². The highest BCUT2D eigenvalue weighted by molar-refractivity contribution is 7.16. The highest BCUT2D eigenvalue weighted by Crippen LogP contribution is 2.54. The largest absolute Gasteiger partial charge is 0.364 e. The van der Waals surface area contributed by atoms with Crippen molar-refractivity contribution in [1.29, 1.82) is 0 Å². The lowest BCUT2D eigenvalue weighted by molar-refractivity contribution is -0.0424. The molecule has 4 rings (SSSR count). The quantitative estimate of drug-likeness (QED) is 0.473. The molecule has 2 aromatic heterocycles. The zero-order chi connectivity index (χ0) is 22.4. The summed E-state index contributed by atoms with van der Waals surface area (Å²) >= 11 is 1.90. The number of aliphatic hydroxyl groups is 2. The van der Waals surface area contributed by atoms with Crippen LogP contribution in [0.5, 0.6) is 0 Å². The van der Waals surface area contributed by atoms with Gasteiger partial charge >= 0.3 is 0 Å². The van der Waals surface area contributed by atoms with Crippen LogP contribution in [0.3, 0.4) is 0 Å². The highest BCUT2D eigenvalue weighted by atomic mass is 32.1. The maximum Gasteiger partial charge on any atom is 0.178 e. The normalized spacial score (nSPS) is 16.9. The second-order valence-corrected chi connectivity index (χ2v) is 10.9. The van der Waals surface area contributed by atoms with Crippen LogP contribution in [0.25, 0.3) is 0 Å². The number of pyridine rings is 1. The number of anilines is 2. The number of rotatable bonds is 5. The topological polar surface area (TPSA) is 56.6 Å². The average Bonchev–Trinajstić information content (AvgIpc) is 3.10. The number of benzene rings is 1. The van der Waals surface area contributed by atoms with Crippen molar-refractivity contribution in [2.45, 2.75) is 71.1 Å². The Balaban J connectivity index is 1.85. The van der Waals surface area contributed by atoms with Gasteiger partial charge in [0.25, 0.3) is 0 Å². The predicted octanol–water partition coefficient (Wildman–Crippen LogP) is 6.12. The van der Waals surface area contributed by atoms with Crippen LogP contribution in [0.4, 0.5) is 10.7 Å². The minimum atomic E-state index is -1.46. The van der Waals surface area contributed by atoms with Crippen LogP contribution < -0.4 is 4.90 Å². The number of aromatic nitrogens is 1. The molecule has 1 aromatic carbocycles. The molecule has 0 atom stereocenters. The fourth-order valence-electron chi connectivity index (χ4n) is 4.67. The second kappa shape index (κ2) is 8.05. The lowest BCUT2D eigenvalue weighted by Gasteiger charge is -2.39. The Labute approximate surface area is 189 Å². The number of nitrogens with zero attached hydrogens (tertiary/aromatic N) is 2. The Bertz CT molecular complexity index is 1050. The van der Waals surface area contributed by atoms with E-state index in [9.17, 15) is 10.2 Å². The smallest absolute Gasteiger partial charge is 0.178 e. The van der Waals surface area contributed by atoms with Crippen molar-refractivity contribution in [3.8, 4) is 0 Å². The van der Waals surface area contributed by atoms with Crippen LogP contribution >= 0.6 is 11.3 Å². The zero-order valence-corrected chi connectivity index (χ0v) is 19.8. The number of aliphatic hydroxyl groups excluding tert-OH is 1. The molecule has 0 amide bonds. The Hall–Kier alpha value is -2.21. The summed E-state index contributed by atoms with van der Waals surface area (Å²) in [5.74, 6) is 0. The standard InChI is InChI=1S/C26H32N2O2S/c1-17-21-22(26(4,5)14-13-25(21,2)3)31-23(17)28(16-19-8-6-7-15-27-19)20-11-9-18(10-12-20)24(29)30/h6-12,15,24,29-30H,13-14,16H2,1-5H3. The summed E-state index contributed by atoms with van der Waals surface area (Å²) in [6.45, 7) is 12.4. The van der Waals surface area contributed by atoms with Gasteiger partial charge in [-0.05, 0) is 66.0 Å². The van der Waals surface area contributed by atoms with E-state index in [0.717, 1.165) is 11.4 Å². The monoisotopic (exact) mass is 436 g/mol. The molecule has 0 aliphatic heterocycles. The van der Waals surface area contributed by atoms with Gasteiger partial charge in [0.2, 0.25) is 0 Å². The molecule has 164 valence electrons. The fraction of sp³-hybridized carbons (Fsp3) is 0.423. The molecule has 4 nitrogen and oxygen atoms in total. The van der Waals surface area contributed by atoms with Crippen molar-refractivity contribution in [2.24, 2.45) is 0 Å². The van der Waals surface area contributed by atoms with Gasteiger partial charge in [-0.2, -0.15) is 0 Å². The van der Waals surface area contributed by atoms with Gasteiger partial charge in [-0.25, -0.2) is 0 Å². The van der Waals surface area contributed by atoms with Gasteiger partial charge in [-0.3, -0.25) is 4.98 Å². The third-order valence-corrected chi connectivity index (χ3v) is 8.26. The summed E-state index contributed by atoms with van der Waals surface area (Å²) in [6.07, 6.45) is 2.75. The lowest BCUT2D eigenvalue weighted by atomic mass is 9.66. The molecular weight excluding hydrogens is 404 g/mol. The lowest BCUT2D eigenvalue weighted by Crippen LogP contribution is -2.32. The molecule has 0 saturated heterocycles. The summed E-state index contributed by atoms with van der Waals surface area (Å²) < 4.78 is 0. The predicted molar refractivity (Wildman–Crippen MR) is 128 cm³/mol. The molecule has 3 aromatic rings. The molecule has 2 heterocycles. The van der Waals surface area contributed by atoms with Crippen molar-refractivity contribution >= 4 is 22.0 Å². The molecule has 5 heteroatoms. The molecule has 2 N–H and O–H groups in total. The van der Waals surface area contributed by atoms with Crippen molar-refractivity contribution in [2.75, 3.05) is 4.90 Å². The van der Waals surface area contributed by atoms with Crippen LogP contribution in [0, 0.1) is 6.92 Å². The maximum absolute atomic E-state index is 9.51. The Morgan fingerprint density at radius 3 is 2.26 bits per heavy atom. The molecule has 1 aliphatic carbocycles. The van der Waals surface area contributed by atoms with Crippen molar-refractivity contribution in [3.05, 3.63) is 75.9 Å². The van der Waals surface area contributed by atoms with Crippen LogP contribution in [0.15, 0.2) is 48.7 Å². The van der Waals surface area contributed by atoms with Crippen molar-refractivity contribution in [3.63, 3.8) is 0 Å². The molecule has 0 fully saturated rings. The number of hydrogen-bond donors (Lipinski definition) is 2. The van der Waals surface area contributed by atoms with E-state index in [2.05, 4.69) is 50.6 Å². The Morgan fingerprint density at radius 1 is 1.00 bits per heavy atom. The van der Waals surface area contributed by atoms with Gasteiger partial charge < -0.3 is 15.1 Å². The molecule has 0 bridgehead atoms. The fourth-order valence-corrected chi connectivity index (χ4v) is 6.31. The van der Waals surface area contributed by atoms with E-state index in [1.807, 2.05) is 41.8 Å². The first-order valence-electron chi connectivity index (χ1n) is 10.9. The van der Waals surface area contributed by atoms with Crippen molar-refractivity contribution in [1.82, 2.24) is 4.98 Å². The zero-order valence-electron chi connectivity index (χ0n) is 19.0. The summed E-state index contributed by atoms with van der Waals surface area (Å²) in [5.41, 5.74) is 5.68. The first-order chi connectivity index (χ1) is 14.6. The Morgan fingerprint density at radius 2 is 1.68 bits per heavy atom. The summed E-state index contributed by atoms with van der Waals surface area (Å²) in [7, 11) is 0. The summed E-state index contributed by atoms with van der Waals surface area (Å²) in [6, 6.07) is 13.5. The van der Waals surface area contributed by atoms with Gasteiger partial charge in [0.1, 0.15) is 0 Å². The van der Waals surface area contributed by atoms with Crippen LogP contribution in [-0.2, 0) is 17.4 Å². The summed E-state index contributed by atoms with van der Waals surface area (Å²) in [5, 5.41) is 20.3. The minimum absolute atomic E-state index is 0.158. The van der Waals surface area contributed by atoms with E-state index in [1.165, 1.54) is 33.8 Å². The molecule has 0 spiro atoms. The first kappa shape index (κ1) is 22.0. The molecule has 31 heavy (non-hydrogen) atoms. The van der Waals surface area contributed by atoms with Gasteiger partial charge in [0.15, 0.2) is 6.29 Å². The third kappa shape index (κ3) is 4.14. The number of thiophene rings is 1. The number of hydrogen-bond acceptors (Lipinski definition) is 5. The van der Waals surface area contributed by atoms with E-state index < -0.39 is 6.29 Å². The molecule has 0 saturated carbocycles. The van der Waals surface area contributed by atoms with E-state index in [0.29, 0.717) is 12.1 Å². The average molecular weight is 437 g/mol. The van der Waals surface area contributed by atoms with E-state index in [1.54, 1.807) is 12.1 Å². The van der Waals surface area contributed by atoms with Crippen LogP contribution in [-0.4, -0.2) is 15.2 Å². The molecular formula is C26H32N2O2S. The van der Waals surface area contributed by atoms with Crippen molar-refractivity contribution < 1.29 is 10.2 Å². The maximum atomic E-state index is 9.51.